The lowest BCUT2D eigenvalue weighted by Gasteiger charge is -2.17. The molecule has 0 aliphatic rings. The molecule has 0 unspecified atom stereocenters. The summed E-state index contributed by atoms with van der Waals surface area (Å²) in [4.78, 5) is 13.7. The van der Waals surface area contributed by atoms with E-state index in [2.05, 4.69) is 38.4 Å². The van der Waals surface area contributed by atoms with Crippen molar-refractivity contribution >= 4 is 37.8 Å². The molecule has 0 heterocycles. The zero-order chi connectivity index (χ0) is 12.3. The predicted octanol–water partition coefficient (Wildman–Crippen LogP) is 3.86. The zero-order valence-electron chi connectivity index (χ0n) is 9.26. The van der Waals surface area contributed by atoms with Crippen molar-refractivity contribution in [1.82, 2.24) is 4.90 Å². The van der Waals surface area contributed by atoms with Crippen molar-refractivity contribution in [3.63, 3.8) is 0 Å². The molecule has 0 N–H and O–H groups in total. The number of carbonyl (C=O) groups excluding carboxylic acids is 1. The SMILES string of the molecule is C=C(C)CN(C)C(=O)c1cc(Br)cc(Br)c1. The minimum absolute atomic E-state index is 0.00926. The van der Waals surface area contributed by atoms with Gasteiger partial charge < -0.3 is 4.90 Å². The summed E-state index contributed by atoms with van der Waals surface area (Å²) < 4.78 is 1.77. The molecule has 2 nitrogen and oxygen atoms in total. The number of hydrogen-bond acceptors (Lipinski definition) is 1. The highest BCUT2D eigenvalue weighted by molar-refractivity contribution is 9.11. The van der Waals surface area contributed by atoms with Gasteiger partial charge in [0.1, 0.15) is 0 Å². The van der Waals surface area contributed by atoms with E-state index in [4.69, 9.17) is 0 Å². The second-order valence-corrected chi connectivity index (χ2v) is 5.61. The number of hydrogen-bond donors (Lipinski definition) is 0. The van der Waals surface area contributed by atoms with E-state index in [1.807, 2.05) is 25.1 Å². The van der Waals surface area contributed by atoms with Gasteiger partial charge in [0.15, 0.2) is 0 Å². The van der Waals surface area contributed by atoms with E-state index >= 15 is 0 Å². The Morgan fingerprint density at radius 1 is 1.31 bits per heavy atom. The van der Waals surface area contributed by atoms with E-state index in [1.165, 1.54) is 0 Å². The van der Waals surface area contributed by atoms with Crippen molar-refractivity contribution in [3.05, 3.63) is 44.9 Å². The number of nitrogens with zero attached hydrogens (tertiary/aromatic N) is 1. The fourth-order valence-corrected chi connectivity index (χ4v) is 2.67. The first-order valence-electron chi connectivity index (χ1n) is 4.76. The molecule has 0 aliphatic carbocycles. The quantitative estimate of drug-likeness (QED) is 0.761. The molecule has 0 radical (unpaired) electrons. The zero-order valence-corrected chi connectivity index (χ0v) is 12.4. The van der Waals surface area contributed by atoms with E-state index in [-0.39, 0.29) is 5.91 Å². The van der Waals surface area contributed by atoms with Crippen molar-refractivity contribution in [1.29, 1.82) is 0 Å². The summed E-state index contributed by atoms with van der Waals surface area (Å²) in [6.45, 7) is 6.27. The normalized spacial score (nSPS) is 10.0. The molecule has 0 aliphatic heterocycles. The highest BCUT2D eigenvalue weighted by atomic mass is 79.9. The number of carbonyl (C=O) groups is 1. The molecular formula is C12H13Br2NO. The molecular weight excluding hydrogens is 334 g/mol. The summed E-state index contributed by atoms with van der Waals surface area (Å²) in [5.41, 5.74) is 1.62. The average Bonchev–Trinajstić information content (AvgIpc) is 2.13. The lowest BCUT2D eigenvalue weighted by Crippen LogP contribution is -2.28. The molecule has 0 fully saturated rings. The number of likely N-dealkylation sites (N-methyl/N-ethyl adjacent to an activating group) is 1. The van der Waals surface area contributed by atoms with Crippen LogP contribution in [0, 0.1) is 0 Å². The fourth-order valence-electron chi connectivity index (χ4n) is 1.37. The Kier molecular flexibility index (Phi) is 4.74. The standard InChI is InChI=1S/C12H13Br2NO/c1-8(2)7-15(3)12(16)9-4-10(13)6-11(14)5-9/h4-6H,1,7H2,2-3H3. The summed E-state index contributed by atoms with van der Waals surface area (Å²) in [5, 5.41) is 0. The molecule has 4 heteroatoms. The Hall–Kier alpha value is -0.610. The molecule has 1 aromatic rings. The fraction of sp³-hybridized carbons (Fsp3) is 0.250. The second-order valence-electron chi connectivity index (χ2n) is 3.78. The van der Waals surface area contributed by atoms with Crippen LogP contribution in [-0.2, 0) is 0 Å². The molecule has 0 saturated heterocycles. The van der Waals surface area contributed by atoms with Crippen LogP contribution in [0.25, 0.3) is 0 Å². The first kappa shape index (κ1) is 13.5. The summed E-state index contributed by atoms with van der Waals surface area (Å²) in [6, 6.07) is 5.51. The highest BCUT2D eigenvalue weighted by Crippen LogP contribution is 2.21. The third-order valence-electron chi connectivity index (χ3n) is 1.96. The van der Waals surface area contributed by atoms with Gasteiger partial charge in [0, 0.05) is 28.1 Å². The van der Waals surface area contributed by atoms with Gasteiger partial charge in [-0.25, -0.2) is 0 Å². The Labute approximate surface area is 113 Å². The van der Waals surface area contributed by atoms with E-state index < -0.39 is 0 Å². The molecule has 0 bridgehead atoms. The maximum atomic E-state index is 12.0. The number of benzene rings is 1. The Bertz CT molecular complexity index is 409. The third kappa shape index (κ3) is 3.76. The predicted molar refractivity (Wildman–Crippen MR) is 73.6 cm³/mol. The van der Waals surface area contributed by atoms with Crippen LogP contribution in [0.3, 0.4) is 0 Å². The van der Waals surface area contributed by atoms with Crippen LogP contribution in [0.2, 0.25) is 0 Å². The van der Waals surface area contributed by atoms with Gasteiger partial charge in [-0.05, 0) is 25.1 Å². The minimum Gasteiger partial charge on any atom is -0.338 e. The van der Waals surface area contributed by atoms with E-state index in [1.54, 1.807) is 11.9 Å². The third-order valence-corrected chi connectivity index (χ3v) is 2.88. The van der Waals surface area contributed by atoms with Crippen molar-refractivity contribution < 1.29 is 4.79 Å². The summed E-state index contributed by atoms with van der Waals surface area (Å²) in [5.74, 6) is -0.00926. The van der Waals surface area contributed by atoms with Gasteiger partial charge in [-0.2, -0.15) is 0 Å². The molecule has 16 heavy (non-hydrogen) atoms. The lowest BCUT2D eigenvalue weighted by molar-refractivity contribution is 0.0807. The molecule has 0 spiro atoms. The van der Waals surface area contributed by atoms with E-state index in [9.17, 15) is 4.79 Å². The van der Waals surface area contributed by atoms with Crippen LogP contribution >= 0.6 is 31.9 Å². The van der Waals surface area contributed by atoms with Crippen LogP contribution in [0.15, 0.2) is 39.3 Å². The largest absolute Gasteiger partial charge is 0.338 e. The summed E-state index contributed by atoms with van der Waals surface area (Å²) in [6.07, 6.45) is 0. The molecule has 0 atom stereocenters. The number of amides is 1. The highest BCUT2D eigenvalue weighted by Gasteiger charge is 2.12. The second kappa shape index (κ2) is 5.64. The van der Waals surface area contributed by atoms with Crippen LogP contribution in [0.5, 0.6) is 0 Å². The first-order valence-corrected chi connectivity index (χ1v) is 6.34. The smallest absolute Gasteiger partial charge is 0.253 e. The monoisotopic (exact) mass is 345 g/mol. The van der Waals surface area contributed by atoms with Crippen molar-refractivity contribution in [2.75, 3.05) is 13.6 Å². The molecule has 86 valence electrons. The van der Waals surface area contributed by atoms with Crippen LogP contribution in [-0.4, -0.2) is 24.4 Å². The van der Waals surface area contributed by atoms with Gasteiger partial charge in [0.2, 0.25) is 0 Å². The average molecular weight is 347 g/mol. The summed E-state index contributed by atoms with van der Waals surface area (Å²) in [7, 11) is 1.77. The number of rotatable bonds is 3. The first-order chi connectivity index (χ1) is 7.40. The van der Waals surface area contributed by atoms with Crippen molar-refractivity contribution in [2.45, 2.75) is 6.92 Å². The lowest BCUT2D eigenvalue weighted by atomic mass is 10.2. The van der Waals surface area contributed by atoms with E-state index in [0.717, 1.165) is 14.5 Å². The van der Waals surface area contributed by atoms with Gasteiger partial charge in [-0.3, -0.25) is 4.79 Å². The van der Waals surface area contributed by atoms with Crippen molar-refractivity contribution in [2.24, 2.45) is 0 Å². The molecule has 1 aromatic carbocycles. The Balaban J connectivity index is 2.91. The topological polar surface area (TPSA) is 20.3 Å². The molecule has 1 rings (SSSR count). The van der Waals surface area contributed by atoms with E-state index in [0.29, 0.717) is 12.1 Å². The number of halogens is 2. The van der Waals surface area contributed by atoms with Gasteiger partial charge >= 0.3 is 0 Å². The van der Waals surface area contributed by atoms with Gasteiger partial charge in [-0.15, -0.1) is 0 Å². The van der Waals surface area contributed by atoms with Gasteiger partial charge in [-0.1, -0.05) is 44.0 Å². The van der Waals surface area contributed by atoms with Gasteiger partial charge in [0.25, 0.3) is 5.91 Å². The molecule has 0 aromatic heterocycles. The maximum absolute atomic E-state index is 12.0. The Morgan fingerprint density at radius 2 is 1.81 bits per heavy atom. The maximum Gasteiger partial charge on any atom is 0.253 e. The Morgan fingerprint density at radius 3 is 2.25 bits per heavy atom. The molecule has 0 saturated carbocycles. The van der Waals surface area contributed by atoms with Crippen molar-refractivity contribution in [3.8, 4) is 0 Å². The molecule has 1 amide bonds. The summed E-state index contributed by atoms with van der Waals surface area (Å²) >= 11 is 6.73. The minimum atomic E-state index is -0.00926. The van der Waals surface area contributed by atoms with Crippen LogP contribution in [0.4, 0.5) is 0 Å². The van der Waals surface area contributed by atoms with Gasteiger partial charge in [0.05, 0.1) is 0 Å². The van der Waals surface area contributed by atoms with Crippen LogP contribution < -0.4 is 0 Å². The van der Waals surface area contributed by atoms with Crippen LogP contribution in [0.1, 0.15) is 17.3 Å².